The van der Waals surface area contributed by atoms with Crippen molar-refractivity contribution in [2.24, 2.45) is 101 Å². The zero-order valence-corrected chi connectivity index (χ0v) is 34.5. The Kier molecular flexibility index (Phi) is 14.5. The van der Waals surface area contributed by atoms with Crippen LogP contribution in [0.2, 0.25) is 0 Å². The van der Waals surface area contributed by atoms with Crippen LogP contribution >= 0.6 is 0 Å². The third-order valence-corrected chi connectivity index (χ3v) is 18.3. The molecule has 0 aromatic heterocycles. The summed E-state index contributed by atoms with van der Waals surface area (Å²) in [6.45, 7) is 18.3. The first-order valence-electron chi connectivity index (χ1n) is 23.9. The summed E-state index contributed by atoms with van der Waals surface area (Å²) in [6, 6.07) is 0. The molecule has 0 heterocycles. The van der Waals surface area contributed by atoms with Crippen molar-refractivity contribution in [2.45, 2.75) is 209 Å². The van der Waals surface area contributed by atoms with Crippen LogP contribution in [0.25, 0.3) is 0 Å². The van der Waals surface area contributed by atoms with Gasteiger partial charge in [-0.05, 0) is 152 Å². The van der Waals surface area contributed by atoms with Gasteiger partial charge in [0.1, 0.15) is 0 Å². The summed E-state index contributed by atoms with van der Waals surface area (Å²) in [6.07, 6.45) is 38.5. The highest BCUT2D eigenvalue weighted by atomic mass is 14.6. The molecule has 16 atom stereocenters. The molecule has 0 spiro atoms. The Labute approximate surface area is 308 Å². The van der Waals surface area contributed by atoms with Crippen LogP contribution in [0.15, 0.2) is 0 Å². The Morgan fingerprint density at radius 2 is 1.14 bits per heavy atom. The lowest BCUT2D eigenvalue weighted by Crippen LogP contribution is -2.48. The van der Waals surface area contributed by atoms with Crippen LogP contribution < -0.4 is 0 Å². The summed E-state index contributed by atoms with van der Waals surface area (Å²) in [5.41, 5.74) is 0. The lowest BCUT2D eigenvalue weighted by atomic mass is 9.51. The largest absolute Gasteiger partial charge is 0.0654 e. The maximum Gasteiger partial charge on any atom is -0.0315 e. The van der Waals surface area contributed by atoms with E-state index in [0.29, 0.717) is 0 Å². The summed E-state index contributed by atoms with van der Waals surface area (Å²) in [7, 11) is 0. The molecule has 6 aliphatic carbocycles. The van der Waals surface area contributed by atoms with Gasteiger partial charge in [-0.1, -0.05) is 158 Å². The number of hydrogen-bond acceptors (Lipinski definition) is 0. The molecule has 6 aliphatic rings. The van der Waals surface area contributed by atoms with E-state index >= 15 is 0 Å². The van der Waals surface area contributed by atoms with Crippen molar-refractivity contribution in [3.8, 4) is 0 Å². The number of hydrogen-bond donors (Lipinski definition) is 0. The molecule has 284 valence electrons. The van der Waals surface area contributed by atoms with Crippen LogP contribution in [-0.4, -0.2) is 0 Å². The molecule has 0 saturated heterocycles. The first-order valence-corrected chi connectivity index (χ1v) is 23.9. The van der Waals surface area contributed by atoms with Crippen LogP contribution in [0.3, 0.4) is 0 Å². The molecule has 0 amide bonds. The minimum absolute atomic E-state index is 0.911. The molecular formula is C49H88. The molecule has 6 saturated carbocycles. The average molecular weight is 677 g/mol. The normalized spacial score (nSPS) is 44.9. The maximum absolute atomic E-state index is 2.80. The van der Waals surface area contributed by atoms with Gasteiger partial charge in [0.2, 0.25) is 0 Å². The minimum atomic E-state index is 0.911. The second kappa shape index (κ2) is 18.4. The average Bonchev–Trinajstić information content (AvgIpc) is 3.87. The monoisotopic (exact) mass is 677 g/mol. The topological polar surface area (TPSA) is 0 Å². The van der Waals surface area contributed by atoms with Crippen molar-refractivity contribution in [3.63, 3.8) is 0 Å². The third-order valence-electron chi connectivity index (χ3n) is 18.3. The van der Waals surface area contributed by atoms with Crippen LogP contribution in [0, 0.1) is 101 Å². The van der Waals surface area contributed by atoms with E-state index in [4.69, 9.17) is 0 Å². The van der Waals surface area contributed by atoms with E-state index in [2.05, 4.69) is 48.5 Å². The van der Waals surface area contributed by atoms with Crippen molar-refractivity contribution < 1.29 is 0 Å². The molecule has 0 bridgehead atoms. The first-order chi connectivity index (χ1) is 23.9. The Bertz CT molecular complexity index is 944. The molecule has 6 fully saturated rings. The zero-order valence-electron chi connectivity index (χ0n) is 34.5. The smallest absolute Gasteiger partial charge is 0.0315 e. The van der Waals surface area contributed by atoms with Gasteiger partial charge in [-0.3, -0.25) is 0 Å². The predicted molar refractivity (Wildman–Crippen MR) is 214 cm³/mol. The molecule has 0 N–H and O–H groups in total. The van der Waals surface area contributed by atoms with E-state index in [1.807, 2.05) is 0 Å². The van der Waals surface area contributed by atoms with E-state index in [-0.39, 0.29) is 0 Å². The van der Waals surface area contributed by atoms with Crippen molar-refractivity contribution in [1.29, 1.82) is 0 Å². The Morgan fingerprint density at radius 3 is 1.84 bits per heavy atom. The van der Waals surface area contributed by atoms with Gasteiger partial charge in [-0.25, -0.2) is 0 Å². The van der Waals surface area contributed by atoms with Crippen molar-refractivity contribution in [3.05, 3.63) is 0 Å². The second-order valence-electron chi connectivity index (χ2n) is 20.8. The highest BCUT2D eigenvalue weighted by Gasteiger charge is 2.56. The van der Waals surface area contributed by atoms with Gasteiger partial charge in [0, 0.05) is 0 Å². The summed E-state index contributed by atoms with van der Waals surface area (Å²) < 4.78 is 0. The molecule has 0 aromatic rings. The van der Waals surface area contributed by atoms with Gasteiger partial charge in [0.25, 0.3) is 0 Å². The van der Waals surface area contributed by atoms with Crippen molar-refractivity contribution >= 4 is 0 Å². The van der Waals surface area contributed by atoms with E-state index in [0.717, 1.165) is 101 Å². The third kappa shape index (κ3) is 8.55. The molecule has 0 nitrogen and oxygen atoms in total. The van der Waals surface area contributed by atoms with Crippen LogP contribution in [0.1, 0.15) is 209 Å². The van der Waals surface area contributed by atoms with Crippen LogP contribution in [0.4, 0.5) is 0 Å². The molecule has 0 aromatic carbocycles. The summed E-state index contributed by atoms with van der Waals surface area (Å²) in [5, 5.41) is 0. The summed E-state index contributed by atoms with van der Waals surface area (Å²) in [4.78, 5) is 0. The lowest BCUT2D eigenvalue weighted by molar-refractivity contribution is -0.0606. The SMILES string of the molecule is CCCCCC1CCCC(C2CC(C)C(C(CCCC)C(C)CC)C2)C1C1C2CCCCC2C(C)CC(C2CCCC2C)C1C1CCCC1. The molecule has 0 heteroatoms. The van der Waals surface area contributed by atoms with E-state index in [1.54, 1.807) is 103 Å². The van der Waals surface area contributed by atoms with Gasteiger partial charge in [-0.15, -0.1) is 0 Å². The van der Waals surface area contributed by atoms with Gasteiger partial charge >= 0.3 is 0 Å². The standard InChI is InChI=1S/C49H88/c1-8-11-13-21-38-24-19-29-43(39-30-35(6)45(32-39)40(25-12-9-2)33(4)10-3)47(38)49-44-27-17-16-26-42(44)36(7)31-46(41-28-18-20-34(41)5)48(49)37-22-14-15-23-37/h33-49H,8-32H2,1-7H3. The Morgan fingerprint density at radius 1 is 0.490 bits per heavy atom. The molecule has 16 unspecified atom stereocenters. The lowest BCUT2D eigenvalue weighted by Gasteiger charge is -2.54. The summed E-state index contributed by atoms with van der Waals surface area (Å²) in [5.74, 6) is 17.4. The zero-order chi connectivity index (χ0) is 34.5. The molecule has 49 heavy (non-hydrogen) atoms. The highest BCUT2D eigenvalue weighted by Crippen LogP contribution is 2.64. The van der Waals surface area contributed by atoms with Gasteiger partial charge < -0.3 is 0 Å². The fourth-order valence-corrected chi connectivity index (χ4v) is 16.0. The van der Waals surface area contributed by atoms with Crippen molar-refractivity contribution in [2.75, 3.05) is 0 Å². The highest BCUT2D eigenvalue weighted by molar-refractivity contribution is 5.05. The van der Waals surface area contributed by atoms with Gasteiger partial charge in [-0.2, -0.15) is 0 Å². The number of fused-ring (bicyclic) bond motifs is 1. The Hall–Kier alpha value is 0. The molecule has 6 rings (SSSR count). The van der Waals surface area contributed by atoms with Crippen LogP contribution in [0.5, 0.6) is 0 Å². The summed E-state index contributed by atoms with van der Waals surface area (Å²) >= 11 is 0. The molecule has 0 radical (unpaired) electrons. The molecular weight excluding hydrogens is 589 g/mol. The van der Waals surface area contributed by atoms with Gasteiger partial charge in [0.15, 0.2) is 0 Å². The number of rotatable bonds is 14. The fraction of sp³-hybridized carbons (Fsp3) is 1.00. The number of unbranched alkanes of at least 4 members (excludes halogenated alkanes) is 3. The van der Waals surface area contributed by atoms with Crippen molar-refractivity contribution in [1.82, 2.24) is 0 Å². The Balaban J connectivity index is 1.41. The molecule has 0 aliphatic heterocycles. The van der Waals surface area contributed by atoms with Crippen LogP contribution in [-0.2, 0) is 0 Å². The minimum Gasteiger partial charge on any atom is -0.0654 e. The van der Waals surface area contributed by atoms with E-state index < -0.39 is 0 Å². The maximum atomic E-state index is 2.80. The van der Waals surface area contributed by atoms with Gasteiger partial charge in [0.05, 0.1) is 0 Å². The van der Waals surface area contributed by atoms with E-state index in [9.17, 15) is 0 Å². The second-order valence-corrected chi connectivity index (χ2v) is 20.8. The fourth-order valence-electron chi connectivity index (χ4n) is 16.0. The predicted octanol–water partition coefficient (Wildman–Crippen LogP) is 15.4. The first kappa shape index (κ1) is 38.7. The van der Waals surface area contributed by atoms with E-state index in [1.165, 1.54) is 57.8 Å². The quantitative estimate of drug-likeness (QED) is 0.161.